The topological polar surface area (TPSA) is 16.4 Å². The van der Waals surface area contributed by atoms with Gasteiger partial charge >= 0.3 is 0 Å². The first kappa shape index (κ1) is 30.0. The van der Waals surface area contributed by atoms with Crippen molar-refractivity contribution in [3.05, 3.63) is 200 Å². The lowest BCUT2D eigenvalue weighted by atomic mass is 9.94. The zero-order valence-electron chi connectivity index (χ0n) is 28.4. The molecule has 0 atom stereocenters. The lowest BCUT2D eigenvalue weighted by Gasteiger charge is -2.29. The average Bonchev–Trinajstić information content (AvgIpc) is 3.59. The molecule has 9 aromatic carbocycles. The molecule has 10 aromatic rings. The third-order valence-electron chi connectivity index (χ3n) is 10.3. The lowest BCUT2D eigenvalue weighted by Crippen LogP contribution is -2.11. The minimum absolute atomic E-state index is 0.907. The van der Waals surface area contributed by atoms with Crippen molar-refractivity contribution in [2.75, 3.05) is 4.90 Å². The SMILES string of the molecule is c1cc(-c2ccccc2N(c2ccc(-c3ccc4oc5ccccc5c4c3)cc2)c2cccc3ccccc23)cc(-c2cccc3ccccc23)c1. The lowest BCUT2D eigenvalue weighted by molar-refractivity contribution is 0.669. The van der Waals surface area contributed by atoms with Crippen molar-refractivity contribution in [2.45, 2.75) is 0 Å². The summed E-state index contributed by atoms with van der Waals surface area (Å²) in [6, 6.07) is 71.9. The quantitative estimate of drug-likeness (QED) is 0.176. The Kier molecular flexibility index (Phi) is 7.18. The van der Waals surface area contributed by atoms with Gasteiger partial charge in [0.2, 0.25) is 0 Å². The summed E-state index contributed by atoms with van der Waals surface area (Å²) in [6.07, 6.45) is 0. The molecule has 244 valence electrons. The number of furan rings is 1. The molecule has 10 rings (SSSR count). The second-order valence-corrected chi connectivity index (χ2v) is 13.3. The number of anilines is 3. The van der Waals surface area contributed by atoms with Gasteiger partial charge in [-0.15, -0.1) is 0 Å². The van der Waals surface area contributed by atoms with Crippen molar-refractivity contribution in [1.29, 1.82) is 0 Å². The summed E-state index contributed by atoms with van der Waals surface area (Å²) in [5.74, 6) is 0. The first-order chi connectivity index (χ1) is 25.8. The zero-order chi connectivity index (χ0) is 34.4. The standard InChI is InChI=1S/C50H33NO/c1-3-18-41-35(12-1)14-10-22-42(41)38-16-9-17-39(32-38)44-20-5-7-23-47(44)51(48-24-11-15-36-13-2-4-19-43(36)48)40-29-26-34(27-30-40)37-28-31-50-46(33-37)45-21-6-8-25-49(45)52-50/h1-33H. The van der Waals surface area contributed by atoms with Gasteiger partial charge in [-0.1, -0.05) is 152 Å². The summed E-state index contributed by atoms with van der Waals surface area (Å²) in [5, 5.41) is 7.18. The average molecular weight is 664 g/mol. The highest BCUT2D eigenvalue weighted by Gasteiger charge is 2.20. The summed E-state index contributed by atoms with van der Waals surface area (Å²) >= 11 is 0. The molecule has 0 spiro atoms. The monoisotopic (exact) mass is 663 g/mol. The van der Waals surface area contributed by atoms with Gasteiger partial charge in [-0.2, -0.15) is 0 Å². The maximum absolute atomic E-state index is 6.12. The normalized spacial score (nSPS) is 11.5. The molecule has 2 heteroatoms. The summed E-state index contributed by atoms with van der Waals surface area (Å²) in [5.41, 5.74) is 12.3. The van der Waals surface area contributed by atoms with Crippen molar-refractivity contribution in [3.8, 4) is 33.4 Å². The summed E-state index contributed by atoms with van der Waals surface area (Å²) in [6.45, 7) is 0. The van der Waals surface area contributed by atoms with Crippen molar-refractivity contribution >= 4 is 60.5 Å². The number of para-hydroxylation sites is 2. The van der Waals surface area contributed by atoms with E-state index in [2.05, 4.69) is 193 Å². The number of hydrogen-bond acceptors (Lipinski definition) is 2. The van der Waals surface area contributed by atoms with Gasteiger partial charge in [0.1, 0.15) is 11.2 Å². The van der Waals surface area contributed by atoms with Gasteiger partial charge in [0.25, 0.3) is 0 Å². The van der Waals surface area contributed by atoms with E-state index in [1.807, 2.05) is 12.1 Å². The summed E-state index contributed by atoms with van der Waals surface area (Å²) < 4.78 is 6.12. The third kappa shape index (κ3) is 5.12. The largest absolute Gasteiger partial charge is 0.456 e. The van der Waals surface area contributed by atoms with Crippen LogP contribution in [0.5, 0.6) is 0 Å². The molecule has 0 saturated carbocycles. The molecule has 0 aliphatic heterocycles. The predicted octanol–water partition coefficient (Wildman–Crippen LogP) is 14.4. The van der Waals surface area contributed by atoms with E-state index in [0.29, 0.717) is 0 Å². The van der Waals surface area contributed by atoms with Gasteiger partial charge in [0, 0.05) is 27.4 Å². The molecule has 0 saturated heterocycles. The second-order valence-electron chi connectivity index (χ2n) is 13.3. The van der Waals surface area contributed by atoms with E-state index in [-0.39, 0.29) is 0 Å². The van der Waals surface area contributed by atoms with E-state index >= 15 is 0 Å². The van der Waals surface area contributed by atoms with E-state index in [9.17, 15) is 0 Å². The molecule has 1 aromatic heterocycles. The van der Waals surface area contributed by atoms with Gasteiger partial charge in [-0.25, -0.2) is 0 Å². The van der Waals surface area contributed by atoms with Crippen LogP contribution in [-0.4, -0.2) is 0 Å². The maximum Gasteiger partial charge on any atom is 0.135 e. The van der Waals surface area contributed by atoms with E-state index in [4.69, 9.17) is 4.42 Å². The Morgan fingerprint density at radius 2 is 0.865 bits per heavy atom. The molecule has 0 aliphatic carbocycles. The Hall–Kier alpha value is -6.90. The van der Waals surface area contributed by atoms with Crippen molar-refractivity contribution in [3.63, 3.8) is 0 Å². The molecule has 0 radical (unpaired) electrons. The van der Waals surface area contributed by atoms with E-state index in [1.165, 1.54) is 43.8 Å². The van der Waals surface area contributed by atoms with Crippen LogP contribution in [0.3, 0.4) is 0 Å². The molecule has 0 N–H and O–H groups in total. The van der Waals surface area contributed by atoms with Crippen molar-refractivity contribution in [2.24, 2.45) is 0 Å². The molecule has 0 unspecified atom stereocenters. The number of fused-ring (bicyclic) bond motifs is 5. The molecular weight excluding hydrogens is 631 g/mol. The highest BCUT2D eigenvalue weighted by Crippen LogP contribution is 2.44. The van der Waals surface area contributed by atoms with Crippen LogP contribution in [0.2, 0.25) is 0 Å². The first-order valence-corrected chi connectivity index (χ1v) is 17.8. The molecule has 0 aliphatic rings. The number of hydrogen-bond donors (Lipinski definition) is 0. The van der Waals surface area contributed by atoms with Crippen LogP contribution in [0.4, 0.5) is 17.1 Å². The molecule has 2 nitrogen and oxygen atoms in total. The van der Waals surface area contributed by atoms with Crippen LogP contribution in [0.1, 0.15) is 0 Å². The van der Waals surface area contributed by atoms with Crippen LogP contribution >= 0.6 is 0 Å². The Bertz CT molecular complexity index is 2910. The maximum atomic E-state index is 6.12. The zero-order valence-corrected chi connectivity index (χ0v) is 28.4. The molecule has 1 heterocycles. The molecule has 52 heavy (non-hydrogen) atoms. The number of rotatable bonds is 6. The van der Waals surface area contributed by atoms with Gasteiger partial charge < -0.3 is 9.32 Å². The number of nitrogens with zero attached hydrogens (tertiary/aromatic N) is 1. The highest BCUT2D eigenvalue weighted by atomic mass is 16.3. The predicted molar refractivity (Wildman–Crippen MR) is 220 cm³/mol. The molecule has 0 bridgehead atoms. The molecular formula is C50H33NO. The second kappa shape index (κ2) is 12.5. The Morgan fingerprint density at radius 3 is 1.71 bits per heavy atom. The van der Waals surface area contributed by atoms with Crippen molar-refractivity contribution < 1.29 is 4.42 Å². The highest BCUT2D eigenvalue weighted by molar-refractivity contribution is 6.06. The number of benzene rings is 9. The van der Waals surface area contributed by atoms with Crippen LogP contribution < -0.4 is 4.90 Å². The van der Waals surface area contributed by atoms with Crippen LogP contribution in [0.15, 0.2) is 205 Å². The van der Waals surface area contributed by atoms with Crippen LogP contribution in [-0.2, 0) is 0 Å². The minimum atomic E-state index is 0.907. The smallest absolute Gasteiger partial charge is 0.135 e. The Balaban J connectivity index is 1.12. The van der Waals surface area contributed by atoms with Gasteiger partial charge in [0.05, 0.1) is 11.4 Å². The van der Waals surface area contributed by atoms with Gasteiger partial charge in [-0.3, -0.25) is 0 Å². The van der Waals surface area contributed by atoms with Gasteiger partial charge in [0.15, 0.2) is 0 Å². The molecule has 0 amide bonds. The fraction of sp³-hybridized carbons (Fsp3) is 0. The van der Waals surface area contributed by atoms with Crippen LogP contribution in [0, 0.1) is 0 Å². The fourth-order valence-electron chi connectivity index (χ4n) is 7.76. The third-order valence-corrected chi connectivity index (χ3v) is 10.3. The van der Waals surface area contributed by atoms with Gasteiger partial charge in [-0.05, 0) is 92.5 Å². The van der Waals surface area contributed by atoms with E-state index in [1.54, 1.807) is 0 Å². The Labute approximate surface area is 302 Å². The minimum Gasteiger partial charge on any atom is -0.456 e. The first-order valence-electron chi connectivity index (χ1n) is 17.8. The summed E-state index contributed by atoms with van der Waals surface area (Å²) in [7, 11) is 0. The fourth-order valence-corrected chi connectivity index (χ4v) is 7.76. The summed E-state index contributed by atoms with van der Waals surface area (Å²) in [4.78, 5) is 2.42. The van der Waals surface area contributed by atoms with E-state index < -0.39 is 0 Å². The van der Waals surface area contributed by atoms with Crippen LogP contribution in [0.25, 0.3) is 76.9 Å². The van der Waals surface area contributed by atoms with E-state index in [0.717, 1.165) is 50.1 Å². The molecule has 0 fully saturated rings. The Morgan fingerprint density at radius 1 is 0.308 bits per heavy atom. The van der Waals surface area contributed by atoms with Crippen molar-refractivity contribution in [1.82, 2.24) is 0 Å².